The van der Waals surface area contributed by atoms with Gasteiger partial charge in [-0.2, -0.15) is 5.10 Å². The Morgan fingerprint density at radius 1 is 1.17 bits per heavy atom. The van der Waals surface area contributed by atoms with Crippen LogP contribution in [0.5, 0.6) is 11.5 Å². The topological polar surface area (TPSA) is 89.0 Å². The lowest BCUT2D eigenvalue weighted by atomic mass is 10.2. The summed E-state index contributed by atoms with van der Waals surface area (Å²) in [7, 11) is 2.99. The highest BCUT2D eigenvalue weighted by atomic mass is 35.5. The molecule has 9 heteroatoms. The maximum absolute atomic E-state index is 12.2. The van der Waals surface area contributed by atoms with Gasteiger partial charge < -0.3 is 14.8 Å². The van der Waals surface area contributed by atoms with Gasteiger partial charge in [0.1, 0.15) is 0 Å². The number of halogens is 1. The summed E-state index contributed by atoms with van der Waals surface area (Å²) in [5, 5.41) is 10.0. The van der Waals surface area contributed by atoms with E-state index in [-0.39, 0.29) is 6.54 Å². The molecular formula is C20H18ClN3O4S. The Labute approximate surface area is 176 Å². The molecule has 0 aliphatic carbocycles. The predicted octanol–water partition coefficient (Wildman–Crippen LogP) is 3.45. The molecule has 150 valence electrons. The fourth-order valence-corrected chi connectivity index (χ4v) is 3.83. The molecule has 2 aromatic carbocycles. The van der Waals surface area contributed by atoms with Crippen molar-refractivity contribution in [3.05, 3.63) is 57.9 Å². The van der Waals surface area contributed by atoms with E-state index in [1.807, 2.05) is 23.6 Å². The third-order valence-corrected chi connectivity index (χ3v) is 5.50. The van der Waals surface area contributed by atoms with Crippen LogP contribution >= 0.6 is 22.9 Å². The second kappa shape index (κ2) is 9.40. The molecule has 0 saturated carbocycles. The molecule has 3 rings (SSSR count). The summed E-state index contributed by atoms with van der Waals surface area (Å²) < 4.78 is 11.3. The van der Waals surface area contributed by atoms with Gasteiger partial charge in [0.15, 0.2) is 11.5 Å². The predicted molar refractivity (Wildman–Crippen MR) is 114 cm³/mol. The average molecular weight is 432 g/mol. The van der Waals surface area contributed by atoms with Gasteiger partial charge in [-0.15, -0.1) is 11.3 Å². The highest BCUT2D eigenvalue weighted by Gasteiger charge is 2.12. The van der Waals surface area contributed by atoms with Gasteiger partial charge in [-0.3, -0.25) is 9.59 Å². The van der Waals surface area contributed by atoms with E-state index in [9.17, 15) is 9.59 Å². The SMILES string of the molecule is COc1ccc(C(=O)NCC(=O)N/N=C/c2csc3c(Cl)cccc23)cc1OC. The number of carbonyl (C=O) groups is 2. The number of ether oxygens (including phenoxy) is 2. The molecule has 0 bridgehead atoms. The van der Waals surface area contributed by atoms with Crippen molar-refractivity contribution in [2.45, 2.75) is 0 Å². The summed E-state index contributed by atoms with van der Waals surface area (Å²) in [5.74, 6) is 0.0758. The van der Waals surface area contributed by atoms with Crippen molar-refractivity contribution < 1.29 is 19.1 Å². The maximum Gasteiger partial charge on any atom is 0.259 e. The van der Waals surface area contributed by atoms with Crippen LogP contribution in [0.15, 0.2) is 46.9 Å². The second-order valence-corrected chi connectivity index (χ2v) is 7.14. The highest BCUT2D eigenvalue weighted by molar-refractivity contribution is 7.18. The van der Waals surface area contributed by atoms with Gasteiger partial charge in [-0.05, 0) is 24.3 Å². The van der Waals surface area contributed by atoms with Gasteiger partial charge in [0.05, 0.1) is 36.7 Å². The summed E-state index contributed by atoms with van der Waals surface area (Å²) in [5.41, 5.74) is 3.59. The molecule has 0 atom stereocenters. The van der Waals surface area contributed by atoms with Crippen molar-refractivity contribution in [3.63, 3.8) is 0 Å². The van der Waals surface area contributed by atoms with Gasteiger partial charge in [-0.25, -0.2) is 5.43 Å². The Balaban J connectivity index is 1.55. The van der Waals surface area contributed by atoms with E-state index in [2.05, 4.69) is 15.8 Å². The third kappa shape index (κ3) is 4.85. The Bertz CT molecular complexity index is 1080. The smallest absolute Gasteiger partial charge is 0.259 e. The first kappa shape index (κ1) is 20.6. The van der Waals surface area contributed by atoms with E-state index in [1.165, 1.54) is 31.6 Å². The summed E-state index contributed by atoms with van der Waals surface area (Å²) in [6.45, 7) is -0.221. The molecule has 0 fully saturated rings. The molecule has 0 spiro atoms. The summed E-state index contributed by atoms with van der Waals surface area (Å²) in [6, 6.07) is 10.4. The van der Waals surface area contributed by atoms with Crippen LogP contribution in [-0.4, -0.2) is 38.8 Å². The molecule has 0 aliphatic heterocycles. The van der Waals surface area contributed by atoms with Gasteiger partial charge in [0, 0.05) is 21.9 Å². The summed E-state index contributed by atoms with van der Waals surface area (Å²) >= 11 is 7.66. The van der Waals surface area contributed by atoms with Crippen LogP contribution in [0.25, 0.3) is 10.1 Å². The van der Waals surface area contributed by atoms with Crippen LogP contribution in [0.1, 0.15) is 15.9 Å². The van der Waals surface area contributed by atoms with E-state index in [0.29, 0.717) is 22.1 Å². The molecule has 0 unspecified atom stereocenters. The molecule has 2 N–H and O–H groups in total. The molecule has 2 amide bonds. The molecular weight excluding hydrogens is 414 g/mol. The number of methoxy groups -OCH3 is 2. The van der Waals surface area contributed by atoms with Crippen LogP contribution in [0.4, 0.5) is 0 Å². The number of nitrogens with zero attached hydrogens (tertiary/aromatic N) is 1. The molecule has 1 aromatic heterocycles. The van der Waals surface area contributed by atoms with Gasteiger partial charge in [0.25, 0.3) is 11.8 Å². The molecule has 7 nitrogen and oxygen atoms in total. The number of hydrazone groups is 1. The van der Waals surface area contributed by atoms with Crippen LogP contribution < -0.4 is 20.2 Å². The average Bonchev–Trinajstić information content (AvgIpc) is 3.16. The minimum atomic E-state index is -0.451. The van der Waals surface area contributed by atoms with Gasteiger partial charge in [0.2, 0.25) is 0 Å². The molecule has 0 saturated heterocycles. The number of hydrogen-bond acceptors (Lipinski definition) is 6. The monoisotopic (exact) mass is 431 g/mol. The first-order valence-corrected chi connectivity index (χ1v) is 9.77. The van der Waals surface area contributed by atoms with Crippen LogP contribution in [-0.2, 0) is 4.79 Å². The Morgan fingerprint density at radius 3 is 2.72 bits per heavy atom. The zero-order valence-corrected chi connectivity index (χ0v) is 17.3. The van der Waals surface area contributed by atoms with E-state index in [4.69, 9.17) is 21.1 Å². The molecule has 0 radical (unpaired) electrons. The number of benzene rings is 2. The zero-order chi connectivity index (χ0) is 20.8. The summed E-state index contributed by atoms with van der Waals surface area (Å²) in [6.07, 6.45) is 1.54. The van der Waals surface area contributed by atoms with E-state index in [1.54, 1.807) is 18.3 Å². The lowest BCUT2D eigenvalue weighted by Crippen LogP contribution is -2.34. The number of fused-ring (bicyclic) bond motifs is 1. The standard InChI is InChI=1S/C20H18ClN3O4S/c1-27-16-7-6-12(8-17(16)28-2)20(26)22-10-18(25)24-23-9-13-11-29-19-14(13)4-3-5-15(19)21/h3-9,11H,10H2,1-2H3,(H,22,26)(H,24,25)/b23-9+. The number of rotatable bonds is 7. The van der Waals surface area contributed by atoms with Crippen molar-refractivity contribution in [2.75, 3.05) is 20.8 Å². The molecule has 0 aliphatic rings. The first-order valence-electron chi connectivity index (χ1n) is 8.51. The van der Waals surface area contributed by atoms with Gasteiger partial charge in [-0.1, -0.05) is 23.7 Å². The van der Waals surface area contributed by atoms with Crippen LogP contribution in [0.3, 0.4) is 0 Å². The quantitative estimate of drug-likeness (QED) is 0.443. The van der Waals surface area contributed by atoms with E-state index < -0.39 is 11.8 Å². The molecule has 29 heavy (non-hydrogen) atoms. The van der Waals surface area contributed by atoms with Crippen molar-refractivity contribution in [3.8, 4) is 11.5 Å². The lowest BCUT2D eigenvalue weighted by Gasteiger charge is -2.09. The van der Waals surface area contributed by atoms with Crippen molar-refractivity contribution in [1.82, 2.24) is 10.7 Å². The van der Waals surface area contributed by atoms with Crippen LogP contribution in [0, 0.1) is 0 Å². The van der Waals surface area contributed by atoms with Gasteiger partial charge >= 0.3 is 0 Å². The highest BCUT2D eigenvalue weighted by Crippen LogP contribution is 2.31. The van der Waals surface area contributed by atoms with Crippen LogP contribution in [0.2, 0.25) is 5.02 Å². The minimum absolute atomic E-state index is 0.221. The Kier molecular flexibility index (Phi) is 6.69. The number of carbonyl (C=O) groups excluding carboxylic acids is 2. The molecule has 1 heterocycles. The fraction of sp³-hybridized carbons (Fsp3) is 0.150. The Morgan fingerprint density at radius 2 is 1.97 bits per heavy atom. The number of amides is 2. The van der Waals surface area contributed by atoms with Crippen molar-refractivity contribution in [1.29, 1.82) is 0 Å². The Hall–Kier alpha value is -3.10. The van der Waals surface area contributed by atoms with Crippen molar-refractivity contribution >= 4 is 51.1 Å². The summed E-state index contributed by atoms with van der Waals surface area (Å²) in [4.78, 5) is 24.2. The third-order valence-electron chi connectivity index (χ3n) is 4.03. The largest absolute Gasteiger partial charge is 0.493 e. The zero-order valence-electron chi connectivity index (χ0n) is 15.7. The minimum Gasteiger partial charge on any atom is -0.493 e. The van der Waals surface area contributed by atoms with E-state index >= 15 is 0 Å². The fourth-order valence-electron chi connectivity index (χ4n) is 2.60. The number of hydrogen-bond donors (Lipinski definition) is 2. The molecule has 3 aromatic rings. The maximum atomic E-state index is 12.2. The normalized spacial score (nSPS) is 10.9. The second-order valence-electron chi connectivity index (χ2n) is 5.85. The number of thiophene rings is 1. The van der Waals surface area contributed by atoms with E-state index in [0.717, 1.165) is 15.6 Å². The first-order chi connectivity index (χ1) is 14.0. The lowest BCUT2D eigenvalue weighted by molar-refractivity contribution is -0.120. The number of nitrogens with one attached hydrogen (secondary N) is 2. The van der Waals surface area contributed by atoms with Crippen molar-refractivity contribution in [2.24, 2.45) is 5.10 Å².